The van der Waals surface area contributed by atoms with E-state index in [9.17, 15) is 4.79 Å². The lowest BCUT2D eigenvalue weighted by Gasteiger charge is -2.05. The summed E-state index contributed by atoms with van der Waals surface area (Å²) >= 11 is 1.39. The van der Waals surface area contributed by atoms with Gasteiger partial charge in [0.05, 0.1) is 12.2 Å². The van der Waals surface area contributed by atoms with Gasteiger partial charge in [0.1, 0.15) is 5.01 Å². The number of rotatable bonds is 5. The molecule has 0 saturated carbocycles. The van der Waals surface area contributed by atoms with Crippen LogP contribution in [0, 0.1) is 0 Å². The Morgan fingerprint density at radius 2 is 1.96 bits per heavy atom. The maximum Gasteiger partial charge on any atom is 0.321 e. The maximum absolute atomic E-state index is 12.2. The van der Waals surface area contributed by atoms with Crippen LogP contribution in [0.15, 0.2) is 30.3 Å². The van der Waals surface area contributed by atoms with Crippen LogP contribution in [-0.4, -0.2) is 26.4 Å². The van der Waals surface area contributed by atoms with E-state index in [0.717, 1.165) is 23.5 Å². The molecule has 0 spiro atoms. The topological polar surface area (TPSA) is 95.6 Å². The number of aromatic nitrogens is 4. The Hall–Kier alpha value is -2.74. The summed E-state index contributed by atoms with van der Waals surface area (Å²) in [4.78, 5) is 12.2. The lowest BCUT2D eigenvalue weighted by molar-refractivity contribution is 0.251. The molecule has 0 fully saturated rings. The first kappa shape index (κ1) is 17.7. The van der Waals surface area contributed by atoms with Crippen LogP contribution in [-0.2, 0) is 25.8 Å². The Bertz CT molecular complexity index is 904. The van der Waals surface area contributed by atoms with Crippen molar-refractivity contribution < 1.29 is 4.79 Å². The van der Waals surface area contributed by atoms with Crippen LogP contribution in [0.2, 0.25) is 0 Å². The molecule has 27 heavy (non-hydrogen) atoms. The Morgan fingerprint density at radius 1 is 1.11 bits per heavy atom. The van der Waals surface area contributed by atoms with Gasteiger partial charge in [-0.25, -0.2) is 4.79 Å². The van der Waals surface area contributed by atoms with E-state index in [-0.39, 0.29) is 6.03 Å². The molecule has 8 heteroatoms. The Balaban J connectivity index is 1.31. The van der Waals surface area contributed by atoms with Crippen LogP contribution < -0.4 is 10.6 Å². The average molecular weight is 382 g/mol. The number of anilines is 1. The molecule has 0 radical (unpaired) electrons. The van der Waals surface area contributed by atoms with Crippen molar-refractivity contribution in [2.45, 2.75) is 45.1 Å². The van der Waals surface area contributed by atoms with Gasteiger partial charge in [-0.1, -0.05) is 48.1 Å². The van der Waals surface area contributed by atoms with Crippen LogP contribution in [0.1, 0.15) is 46.8 Å². The van der Waals surface area contributed by atoms with Gasteiger partial charge >= 0.3 is 6.03 Å². The predicted octanol–water partition coefficient (Wildman–Crippen LogP) is 3.44. The molecule has 140 valence electrons. The zero-order valence-electron chi connectivity index (χ0n) is 15.0. The standard InChI is InChI=1S/C19H22N6OS/c26-18(20-12-16-14-9-5-2-6-10-15(14)22-23-16)21-19-25-24-17(27-19)11-13-7-3-1-4-8-13/h1,3-4,7-8H,2,5-6,9-12H2,(H,22,23)(H2,20,21,25,26). The van der Waals surface area contributed by atoms with Crippen molar-refractivity contribution in [1.82, 2.24) is 25.7 Å². The molecule has 1 aliphatic carbocycles. The zero-order valence-corrected chi connectivity index (χ0v) is 15.8. The molecular formula is C19H22N6OS. The molecule has 0 saturated heterocycles. The van der Waals surface area contributed by atoms with Crippen LogP contribution in [0.4, 0.5) is 9.93 Å². The number of fused-ring (bicyclic) bond motifs is 1. The molecule has 4 rings (SSSR count). The monoisotopic (exact) mass is 382 g/mol. The zero-order chi connectivity index (χ0) is 18.5. The number of carbonyl (C=O) groups is 1. The van der Waals surface area contributed by atoms with E-state index in [1.54, 1.807) is 0 Å². The van der Waals surface area contributed by atoms with E-state index >= 15 is 0 Å². The molecule has 0 unspecified atom stereocenters. The summed E-state index contributed by atoms with van der Waals surface area (Å²) in [5.74, 6) is 0. The summed E-state index contributed by atoms with van der Waals surface area (Å²) in [5, 5.41) is 22.7. The SMILES string of the molecule is O=C(NCc1n[nH]c2c1CCCCC2)Nc1nnc(Cc2ccccc2)s1. The van der Waals surface area contributed by atoms with Crippen molar-refractivity contribution in [2.24, 2.45) is 0 Å². The normalized spacial score (nSPS) is 13.6. The number of hydrogen-bond acceptors (Lipinski definition) is 5. The van der Waals surface area contributed by atoms with Crippen LogP contribution in [0.25, 0.3) is 0 Å². The van der Waals surface area contributed by atoms with Crippen molar-refractivity contribution in [3.63, 3.8) is 0 Å². The van der Waals surface area contributed by atoms with E-state index in [2.05, 4.69) is 31.0 Å². The van der Waals surface area contributed by atoms with Crippen molar-refractivity contribution in [1.29, 1.82) is 0 Å². The molecule has 2 amide bonds. The fraction of sp³-hybridized carbons (Fsp3) is 0.368. The first-order valence-electron chi connectivity index (χ1n) is 9.24. The number of aryl methyl sites for hydroxylation is 1. The Morgan fingerprint density at radius 3 is 2.85 bits per heavy atom. The summed E-state index contributed by atoms with van der Waals surface area (Å²) in [6.07, 6.45) is 6.41. The molecule has 3 N–H and O–H groups in total. The highest BCUT2D eigenvalue weighted by Gasteiger charge is 2.16. The number of H-pyrrole nitrogens is 1. The molecule has 0 bridgehead atoms. The van der Waals surface area contributed by atoms with Gasteiger partial charge < -0.3 is 5.32 Å². The van der Waals surface area contributed by atoms with E-state index in [4.69, 9.17) is 0 Å². The number of carbonyl (C=O) groups excluding carboxylic acids is 1. The molecule has 2 heterocycles. The summed E-state index contributed by atoms with van der Waals surface area (Å²) < 4.78 is 0. The van der Waals surface area contributed by atoms with Crippen molar-refractivity contribution in [3.05, 3.63) is 57.9 Å². The summed E-state index contributed by atoms with van der Waals surface area (Å²) in [7, 11) is 0. The number of benzene rings is 1. The van der Waals surface area contributed by atoms with E-state index in [1.165, 1.54) is 47.4 Å². The number of amides is 2. The largest absolute Gasteiger partial charge is 0.332 e. The molecule has 0 atom stereocenters. The van der Waals surface area contributed by atoms with E-state index < -0.39 is 0 Å². The first-order chi connectivity index (χ1) is 13.3. The molecule has 0 aliphatic heterocycles. The minimum absolute atomic E-state index is 0.289. The highest BCUT2D eigenvalue weighted by Crippen LogP contribution is 2.22. The molecule has 1 aromatic carbocycles. The van der Waals surface area contributed by atoms with E-state index in [0.29, 0.717) is 18.1 Å². The lowest BCUT2D eigenvalue weighted by atomic mass is 10.1. The molecule has 1 aliphatic rings. The third kappa shape index (κ3) is 4.51. The third-order valence-corrected chi connectivity index (χ3v) is 5.53. The third-order valence-electron chi connectivity index (χ3n) is 4.69. The second-order valence-corrected chi connectivity index (χ2v) is 7.72. The lowest BCUT2D eigenvalue weighted by Crippen LogP contribution is -2.28. The van der Waals surface area contributed by atoms with Gasteiger partial charge in [-0.05, 0) is 36.8 Å². The minimum atomic E-state index is -0.289. The van der Waals surface area contributed by atoms with Crippen LogP contribution in [0.5, 0.6) is 0 Å². The van der Waals surface area contributed by atoms with Gasteiger partial charge in [0.2, 0.25) is 5.13 Å². The van der Waals surface area contributed by atoms with Gasteiger partial charge in [-0.3, -0.25) is 10.4 Å². The number of urea groups is 1. The molecule has 2 aromatic heterocycles. The van der Waals surface area contributed by atoms with Crippen molar-refractivity contribution in [3.8, 4) is 0 Å². The summed E-state index contributed by atoms with van der Waals surface area (Å²) in [6, 6.07) is 9.79. The number of hydrogen-bond donors (Lipinski definition) is 3. The highest BCUT2D eigenvalue weighted by molar-refractivity contribution is 7.15. The number of nitrogens with one attached hydrogen (secondary N) is 3. The maximum atomic E-state index is 12.2. The first-order valence-corrected chi connectivity index (χ1v) is 10.1. The summed E-state index contributed by atoms with van der Waals surface area (Å²) in [5.41, 5.74) is 4.60. The summed E-state index contributed by atoms with van der Waals surface area (Å²) in [6.45, 7) is 0.410. The Kier molecular flexibility index (Phi) is 5.43. The fourth-order valence-electron chi connectivity index (χ4n) is 3.32. The van der Waals surface area contributed by atoms with Gasteiger partial charge in [0.15, 0.2) is 0 Å². The second kappa shape index (κ2) is 8.30. The van der Waals surface area contributed by atoms with Crippen molar-refractivity contribution >= 4 is 22.5 Å². The average Bonchev–Trinajstić information content (AvgIpc) is 3.20. The number of nitrogens with zero attached hydrogens (tertiary/aromatic N) is 3. The van der Waals surface area contributed by atoms with Crippen LogP contribution in [0.3, 0.4) is 0 Å². The number of aromatic amines is 1. The van der Waals surface area contributed by atoms with Gasteiger partial charge in [0, 0.05) is 12.1 Å². The van der Waals surface area contributed by atoms with Crippen molar-refractivity contribution in [2.75, 3.05) is 5.32 Å². The van der Waals surface area contributed by atoms with E-state index in [1.807, 2.05) is 30.3 Å². The highest BCUT2D eigenvalue weighted by atomic mass is 32.1. The van der Waals surface area contributed by atoms with Gasteiger partial charge in [0.25, 0.3) is 0 Å². The second-order valence-electron chi connectivity index (χ2n) is 6.66. The van der Waals surface area contributed by atoms with Gasteiger partial charge in [-0.15, -0.1) is 10.2 Å². The molecule has 3 aromatic rings. The smallest absolute Gasteiger partial charge is 0.321 e. The quantitative estimate of drug-likeness (QED) is 0.589. The Labute approximate surface area is 161 Å². The predicted molar refractivity (Wildman–Crippen MR) is 105 cm³/mol. The van der Waals surface area contributed by atoms with Crippen LogP contribution >= 0.6 is 11.3 Å². The fourth-order valence-corrected chi connectivity index (χ4v) is 4.09. The molecule has 7 nitrogen and oxygen atoms in total. The minimum Gasteiger partial charge on any atom is -0.332 e. The van der Waals surface area contributed by atoms with Gasteiger partial charge in [-0.2, -0.15) is 5.10 Å². The molecular weight excluding hydrogens is 360 g/mol.